The predicted octanol–water partition coefficient (Wildman–Crippen LogP) is 14.4. The standard InChI is InChI=1S/C52H30N2O2/c1-2-15-31(16-3-1)47-50(54-49-39-22-7-5-18-33(39)32-17-4-6-21-38(32)48(49)53-47)46-36(42-27-13-25-40-34-19-8-10-29-44(34)55-51(40)42)23-12-24-37(46)43-28-14-26-41-35-20-9-11-30-45(35)56-52(41)43/h1-30H. The number of aromatic nitrogens is 2. The lowest BCUT2D eigenvalue weighted by molar-refractivity contribution is 0.670. The van der Waals surface area contributed by atoms with Crippen LogP contribution in [0.5, 0.6) is 0 Å². The Balaban J connectivity index is 1.28. The Labute approximate surface area is 320 Å². The molecule has 0 amide bonds. The lowest BCUT2D eigenvalue weighted by Gasteiger charge is -2.20. The van der Waals surface area contributed by atoms with E-state index in [1.807, 2.05) is 30.3 Å². The quantitative estimate of drug-likeness (QED) is 0.170. The van der Waals surface area contributed by atoms with E-state index in [9.17, 15) is 0 Å². The SMILES string of the molecule is c1ccc(-c2nc3c4ccccc4c4ccccc4c3nc2-c2c(-c3cccc4c3oc3ccccc34)cccc2-c2cccc3c2oc2ccccc23)cc1. The summed E-state index contributed by atoms with van der Waals surface area (Å²) in [5.41, 5.74) is 12.6. The molecule has 0 saturated carbocycles. The monoisotopic (exact) mass is 714 g/mol. The van der Waals surface area contributed by atoms with Gasteiger partial charge >= 0.3 is 0 Å². The van der Waals surface area contributed by atoms with Crippen molar-refractivity contribution in [1.29, 1.82) is 0 Å². The lowest BCUT2D eigenvalue weighted by atomic mass is 9.87. The maximum absolute atomic E-state index is 6.72. The van der Waals surface area contributed by atoms with E-state index in [1.165, 1.54) is 0 Å². The van der Waals surface area contributed by atoms with Gasteiger partial charge in [-0.15, -0.1) is 0 Å². The average Bonchev–Trinajstić information content (AvgIpc) is 3.85. The number of furan rings is 2. The molecule has 9 aromatic carbocycles. The first kappa shape index (κ1) is 30.9. The Morgan fingerprint density at radius 3 is 1.21 bits per heavy atom. The molecule has 0 N–H and O–H groups in total. The van der Waals surface area contributed by atoms with Crippen molar-refractivity contribution in [2.45, 2.75) is 0 Å². The molecule has 4 nitrogen and oxygen atoms in total. The molecular weight excluding hydrogens is 685 g/mol. The molecule has 0 aliphatic heterocycles. The molecule has 3 heterocycles. The highest BCUT2D eigenvalue weighted by molar-refractivity contribution is 6.24. The fraction of sp³-hybridized carbons (Fsp3) is 0. The highest BCUT2D eigenvalue weighted by Crippen LogP contribution is 2.48. The van der Waals surface area contributed by atoms with Gasteiger partial charge < -0.3 is 8.83 Å². The van der Waals surface area contributed by atoms with Crippen LogP contribution in [-0.2, 0) is 0 Å². The second-order valence-corrected chi connectivity index (χ2v) is 14.4. The normalized spacial score (nSPS) is 11.9. The number of para-hydroxylation sites is 4. The van der Waals surface area contributed by atoms with Gasteiger partial charge in [0.25, 0.3) is 0 Å². The molecule has 0 saturated heterocycles. The van der Waals surface area contributed by atoms with Gasteiger partial charge in [0.15, 0.2) is 0 Å². The van der Waals surface area contributed by atoms with Crippen LogP contribution >= 0.6 is 0 Å². The number of nitrogens with zero attached hydrogens (tertiary/aromatic N) is 2. The largest absolute Gasteiger partial charge is 0.455 e. The van der Waals surface area contributed by atoms with Gasteiger partial charge in [0, 0.05) is 54.6 Å². The molecule has 0 unspecified atom stereocenters. The van der Waals surface area contributed by atoms with E-state index in [2.05, 4.69) is 152 Å². The first-order valence-electron chi connectivity index (χ1n) is 18.9. The Bertz CT molecular complexity index is 3410. The minimum Gasteiger partial charge on any atom is -0.455 e. The summed E-state index contributed by atoms with van der Waals surface area (Å²) in [5, 5.41) is 8.75. The van der Waals surface area contributed by atoms with Crippen LogP contribution in [0.2, 0.25) is 0 Å². The summed E-state index contributed by atoms with van der Waals surface area (Å²) in [6, 6.07) is 63.4. The first-order valence-corrected chi connectivity index (χ1v) is 18.9. The fourth-order valence-electron chi connectivity index (χ4n) is 8.81. The van der Waals surface area contributed by atoms with Crippen molar-refractivity contribution in [2.75, 3.05) is 0 Å². The van der Waals surface area contributed by atoms with E-state index >= 15 is 0 Å². The minimum absolute atomic E-state index is 0.788. The molecule has 56 heavy (non-hydrogen) atoms. The predicted molar refractivity (Wildman–Crippen MR) is 231 cm³/mol. The van der Waals surface area contributed by atoms with Crippen LogP contribution in [0.15, 0.2) is 191 Å². The number of hydrogen-bond donors (Lipinski definition) is 0. The summed E-state index contributed by atoms with van der Waals surface area (Å²) < 4.78 is 13.4. The van der Waals surface area contributed by atoms with Gasteiger partial charge in [0.05, 0.1) is 22.4 Å². The zero-order chi connectivity index (χ0) is 36.7. The van der Waals surface area contributed by atoms with Crippen molar-refractivity contribution in [2.24, 2.45) is 0 Å². The Morgan fingerprint density at radius 1 is 0.286 bits per heavy atom. The number of fused-ring (bicyclic) bond motifs is 12. The first-order chi connectivity index (χ1) is 27.8. The van der Waals surface area contributed by atoms with Crippen LogP contribution in [0.25, 0.3) is 121 Å². The molecule has 260 valence electrons. The molecule has 0 aliphatic carbocycles. The molecule has 3 aromatic heterocycles. The van der Waals surface area contributed by atoms with Crippen LogP contribution < -0.4 is 0 Å². The van der Waals surface area contributed by atoms with E-state index in [0.29, 0.717) is 0 Å². The second kappa shape index (κ2) is 12.0. The second-order valence-electron chi connectivity index (χ2n) is 14.4. The Morgan fingerprint density at radius 2 is 0.679 bits per heavy atom. The van der Waals surface area contributed by atoms with Gasteiger partial charge in [0.1, 0.15) is 22.3 Å². The number of benzene rings is 9. The van der Waals surface area contributed by atoms with E-state index in [1.54, 1.807) is 0 Å². The van der Waals surface area contributed by atoms with Gasteiger partial charge in [0.2, 0.25) is 0 Å². The van der Waals surface area contributed by atoms with Crippen molar-refractivity contribution in [1.82, 2.24) is 9.97 Å². The molecule has 0 bridgehead atoms. The summed E-state index contributed by atoms with van der Waals surface area (Å²) in [6.45, 7) is 0. The zero-order valence-electron chi connectivity index (χ0n) is 30.0. The van der Waals surface area contributed by atoms with Gasteiger partial charge in [-0.05, 0) is 34.0 Å². The van der Waals surface area contributed by atoms with E-state index in [4.69, 9.17) is 18.8 Å². The third kappa shape index (κ3) is 4.47. The smallest absolute Gasteiger partial charge is 0.143 e. The van der Waals surface area contributed by atoms with Crippen molar-refractivity contribution < 1.29 is 8.83 Å². The molecule has 0 fully saturated rings. The molecule has 12 rings (SSSR count). The lowest BCUT2D eigenvalue weighted by Crippen LogP contribution is -2.00. The molecular formula is C52H30N2O2. The van der Waals surface area contributed by atoms with Crippen LogP contribution in [0.3, 0.4) is 0 Å². The molecule has 0 atom stereocenters. The van der Waals surface area contributed by atoms with Crippen molar-refractivity contribution >= 4 is 76.5 Å². The maximum Gasteiger partial charge on any atom is 0.143 e. The topological polar surface area (TPSA) is 52.1 Å². The molecule has 0 aliphatic rings. The highest BCUT2D eigenvalue weighted by Gasteiger charge is 2.26. The van der Waals surface area contributed by atoms with Gasteiger partial charge in [-0.3, -0.25) is 0 Å². The van der Waals surface area contributed by atoms with E-state index in [0.717, 1.165) is 121 Å². The molecule has 4 heteroatoms. The van der Waals surface area contributed by atoms with Crippen LogP contribution in [0, 0.1) is 0 Å². The number of rotatable bonds is 4. The van der Waals surface area contributed by atoms with Gasteiger partial charge in [-0.1, -0.05) is 170 Å². The molecule has 0 radical (unpaired) electrons. The van der Waals surface area contributed by atoms with Crippen LogP contribution in [-0.4, -0.2) is 9.97 Å². The van der Waals surface area contributed by atoms with E-state index < -0.39 is 0 Å². The maximum atomic E-state index is 6.72. The summed E-state index contributed by atoms with van der Waals surface area (Å²) in [6.07, 6.45) is 0. The van der Waals surface area contributed by atoms with Gasteiger partial charge in [-0.25, -0.2) is 9.97 Å². The third-order valence-corrected chi connectivity index (χ3v) is 11.3. The Kier molecular flexibility index (Phi) is 6.60. The molecule has 0 spiro atoms. The average molecular weight is 715 g/mol. The third-order valence-electron chi connectivity index (χ3n) is 11.3. The minimum atomic E-state index is 0.788. The summed E-state index contributed by atoms with van der Waals surface area (Å²) in [4.78, 5) is 11.4. The van der Waals surface area contributed by atoms with E-state index in [-0.39, 0.29) is 0 Å². The number of hydrogen-bond acceptors (Lipinski definition) is 4. The summed E-state index contributed by atoms with van der Waals surface area (Å²) >= 11 is 0. The van der Waals surface area contributed by atoms with Gasteiger partial charge in [-0.2, -0.15) is 0 Å². The fourth-order valence-corrected chi connectivity index (χ4v) is 8.81. The highest BCUT2D eigenvalue weighted by atomic mass is 16.3. The molecule has 12 aromatic rings. The summed E-state index contributed by atoms with van der Waals surface area (Å²) in [7, 11) is 0. The van der Waals surface area contributed by atoms with Crippen molar-refractivity contribution in [3.63, 3.8) is 0 Å². The van der Waals surface area contributed by atoms with Crippen LogP contribution in [0.4, 0.5) is 0 Å². The van der Waals surface area contributed by atoms with Crippen molar-refractivity contribution in [3.8, 4) is 44.8 Å². The summed E-state index contributed by atoms with van der Waals surface area (Å²) in [5.74, 6) is 0. The van der Waals surface area contributed by atoms with Crippen molar-refractivity contribution in [3.05, 3.63) is 182 Å². The zero-order valence-corrected chi connectivity index (χ0v) is 30.0. The van der Waals surface area contributed by atoms with Crippen LogP contribution in [0.1, 0.15) is 0 Å². The Hall–Kier alpha value is -7.56.